The van der Waals surface area contributed by atoms with E-state index in [0.717, 1.165) is 0 Å². The van der Waals surface area contributed by atoms with Crippen molar-refractivity contribution >= 4 is 28.0 Å². The lowest BCUT2D eigenvalue weighted by molar-refractivity contribution is 0.276. The van der Waals surface area contributed by atoms with Crippen LogP contribution in [0.2, 0.25) is 0 Å². The lowest BCUT2D eigenvalue weighted by Crippen LogP contribution is -2.05. The second-order valence-electron chi connectivity index (χ2n) is 1.52. The zero-order valence-electron chi connectivity index (χ0n) is 5.71. The summed E-state index contributed by atoms with van der Waals surface area (Å²) in [6.45, 7) is 1.11. The number of carbonyl (C=O) groups is 1. The van der Waals surface area contributed by atoms with E-state index in [9.17, 15) is 4.79 Å². The van der Waals surface area contributed by atoms with E-state index in [1.807, 2.05) is 0 Å². The fourth-order valence-electron chi connectivity index (χ4n) is 0.326. The molecular weight excluding hydrogens is 168 g/mol. The second-order valence-corrected chi connectivity index (χ2v) is 3.92. The molecule has 5 heteroatoms. The molecule has 0 heterocycles. The first kappa shape index (κ1) is 10.3. The molecule has 0 aromatic carbocycles. The van der Waals surface area contributed by atoms with Gasteiger partial charge in [0.05, 0.1) is 0 Å². The lowest BCUT2D eigenvalue weighted by atomic mass is 10.8. The standard InChI is InChI=1S/C5H12N2OS2/c6-1-3-9-5(8)10-4-2-7/h1-4,6-7H2. The molecule has 0 saturated heterocycles. The highest BCUT2D eigenvalue weighted by atomic mass is 32.2. The van der Waals surface area contributed by atoms with E-state index in [0.29, 0.717) is 24.6 Å². The van der Waals surface area contributed by atoms with E-state index in [2.05, 4.69) is 0 Å². The first-order valence-electron chi connectivity index (χ1n) is 3.01. The van der Waals surface area contributed by atoms with Crippen LogP contribution in [0, 0.1) is 0 Å². The maximum atomic E-state index is 10.8. The Kier molecular flexibility index (Phi) is 7.61. The summed E-state index contributed by atoms with van der Waals surface area (Å²) < 4.78 is 0.121. The highest BCUT2D eigenvalue weighted by Gasteiger charge is 1.99. The van der Waals surface area contributed by atoms with Crippen LogP contribution >= 0.6 is 23.5 Å². The molecule has 0 amide bonds. The van der Waals surface area contributed by atoms with E-state index in [1.165, 1.54) is 23.5 Å². The minimum absolute atomic E-state index is 0.121. The van der Waals surface area contributed by atoms with Gasteiger partial charge in [-0.15, -0.1) is 0 Å². The Bertz CT molecular complexity index is 89.6. The Morgan fingerprint density at radius 3 is 1.80 bits per heavy atom. The van der Waals surface area contributed by atoms with Crippen LogP contribution in [0.5, 0.6) is 0 Å². The van der Waals surface area contributed by atoms with Crippen molar-refractivity contribution in [2.45, 2.75) is 0 Å². The van der Waals surface area contributed by atoms with Crippen LogP contribution in [-0.2, 0) is 0 Å². The minimum atomic E-state index is 0.121. The van der Waals surface area contributed by atoms with E-state index in [-0.39, 0.29) is 4.45 Å². The van der Waals surface area contributed by atoms with Gasteiger partial charge in [-0.1, -0.05) is 23.5 Å². The zero-order chi connectivity index (χ0) is 7.82. The SMILES string of the molecule is NCCSC(=O)SCCN. The predicted octanol–water partition coefficient (Wildman–Crippen LogP) is 0.490. The number of rotatable bonds is 4. The van der Waals surface area contributed by atoms with Crippen molar-refractivity contribution in [1.82, 2.24) is 0 Å². The highest BCUT2D eigenvalue weighted by Crippen LogP contribution is 2.14. The normalized spacial score (nSPS) is 9.80. The van der Waals surface area contributed by atoms with Gasteiger partial charge >= 0.3 is 0 Å². The third-order valence-electron chi connectivity index (χ3n) is 0.676. The smallest absolute Gasteiger partial charge is 0.246 e. The van der Waals surface area contributed by atoms with Crippen molar-refractivity contribution < 1.29 is 4.79 Å². The van der Waals surface area contributed by atoms with Crippen LogP contribution in [0.4, 0.5) is 4.79 Å². The average Bonchev–Trinajstić information content (AvgIpc) is 1.97. The molecule has 60 valence electrons. The Hall–Kier alpha value is 0.290. The number of nitrogens with two attached hydrogens (primary N) is 2. The van der Waals surface area contributed by atoms with Gasteiger partial charge in [-0.3, -0.25) is 4.79 Å². The van der Waals surface area contributed by atoms with E-state index in [4.69, 9.17) is 11.5 Å². The van der Waals surface area contributed by atoms with Gasteiger partial charge in [0.15, 0.2) is 0 Å². The van der Waals surface area contributed by atoms with Gasteiger partial charge in [0.25, 0.3) is 0 Å². The molecule has 0 aromatic heterocycles. The lowest BCUT2D eigenvalue weighted by Gasteiger charge is -1.95. The van der Waals surface area contributed by atoms with Gasteiger partial charge in [-0.2, -0.15) is 0 Å². The van der Waals surface area contributed by atoms with Crippen LogP contribution in [0.3, 0.4) is 0 Å². The summed E-state index contributed by atoms with van der Waals surface area (Å²) in [6, 6.07) is 0. The Labute approximate surface area is 69.3 Å². The maximum absolute atomic E-state index is 10.8. The van der Waals surface area contributed by atoms with E-state index >= 15 is 0 Å². The molecule has 10 heavy (non-hydrogen) atoms. The van der Waals surface area contributed by atoms with Gasteiger partial charge in [0, 0.05) is 24.6 Å². The van der Waals surface area contributed by atoms with Gasteiger partial charge in [-0.25, -0.2) is 0 Å². The Morgan fingerprint density at radius 1 is 1.10 bits per heavy atom. The van der Waals surface area contributed by atoms with Gasteiger partial charge < -0.3 is 11.5 Å². The summed E-state index contributed by atoms with van der Waals surface area (Å²) >= 11 is 2.52. The Balaban J connectivity index is 3.09. The molecule has 0 aliphatic rings. The molecule has 0 unspecified atom stereocenters. The molecule has 4 N–H and O–H groups in total. The monoisotopic (exact) mass is 180 g/mol. The molecule has 0 atom stereocenters. The van der Waals surface area contributed by atoms with Gasteiger partial charge in [-0.05, 0) is 0 Å². The molecule has 3 nitrogen and oxygen atoms in total. The molecule has 0 spiro atoms. The number of thioether (sulfide) groups is 2. The fraction of sp³-hybridized carbons (Fsp3) is 0.800. The van der Waals surface area contributed by atoms with Gasteiger partial charge in [0.2, 0.25) is 4.45 Å². The molecule has 0 bridgehead atoms. The predicted molar refractivity (Wildman–Crippen MR) is 48.4 cm³/mol. The van der Waals surface area contributed by atoms with Crippen molar-refractivity contribution in [3.05, 3.63) is 0 Å². The summed E-state index contributed by atoms with van der Waals surface area (Å²) in [7, 11) is 0. The molecule has 0 saturated carbocycles. The molecule has 0 fully saturated rings. The largest absolute Gasteiger partial charge is 0.330 e. The van der Waals surface area contributed by atoms with Gasteiger partial charge in [0.1, 0.15) is 0 Å². The first-order valence-corrected chi connectivity index (χ1v) is 4.98. The topological polar surface area (TPSA) is 69.1 Å². The summed E-state index contributed by atoms with van der Waals surface area (Å²) in [4.78, 5) is 10.8. The summed E-state index contributed by atoms with van der Waals surface area (Å²) in [5.74, 6) is 1.41. The molecule has 0 aliphatic carbocycles. The number of hydrogen-bond donors (Lipinski definition) is 2. The highest BCUT2D eigenvalue weighted by molar-refractivity contribution is 8.38. The van der Waals surface area contributed by atoms with E-state index < -0.39 is 0 Å². The first-order chi connectivity index (χ1) is 4.81. The van der Waals surface area contributed by atoms with Crippen molar-refractivity contribution in [3.8, 4) is 0 Å². The van der Waals surface area contributed by atoms with Crippen molar-refractivity contribution in [3.63, 3.8) is 0 Å². The zero-order valence-corrected chi connectivity index (χ0v) is 7.34. The summed E-state index contributed by atoms with van der Waals surface area (Å²) in [5.41, 5.74) is 10.4. The van der Waals surface area contributed by atoms with E-state index in [1.54, 1.807) is 0 Å². The minimum Gasteiger partial charge on any atom is -0.330 e. The summed E-state index contributed by atoms with van der Waals surface area (Å²) in [6.07, 6.45) is 0. The molecule has 0 aliphatic heterocycles. The fourth-order valence-corrected chi connectivity index (χ4v) is 1.73. The molecular formula is C5H12N2OS2. The van der Waals surface area contributed by atoms with Crippen molar-refractivity contribution in [2.24, 2.45) is 11.5 Å². The average molecular weight is 180 g/mol. The Morgan fingerprint density at radius 2 is 1.50 bits per heavy atom. The van der Waals surface area contributed by atoms with Crippen LogP contribution < -0.4 is 11.5 Å². The van der Waals surface area contributed by atoms with Crippen molar-refractivity contribution in [1.29, 1.82) is 0 Å². The van der Waals surface area contributed by atoms with Crippen LogP contribution in [0.15, 0.2) is 0 Å². The third-order valence-corrected chi connectivity index (χ3v) is 2.73. The van der Waals surface area contributed by atoms with Crippen LogP contribution in [0.25, 0.3) is 0 Å². The molecule has 0 aromatic rings. The molecule has 0 radical (unpaired) electrons. The van der Waals surface area contributed by atoms with Crippen molar-refractivity contribution in [2.75, 3.05) is 24.6 Å². The van der Waals surface area contributed by atoms with Crippen LogP contribution in [0.1, 0.15) is 0 Å². The number of hydrogen-bond acceptors (Lipinski definition) is 5. The molecule has 0 rings (SSSR count). The van der Waals surface area contributed by atoms with Crippen LogP contribution in [-0.4, -0.2) is 29.0 Å². The second kappa shape index (κ2) is 7.40. The quantitative estimate of drug-likeness (QED) is 0.659. The number of carbonyl (C=O) groups excluding carboxylic acids is 1. The summed E-state index contributed by atoms with van der Waals surface area (Å²) in [5, 5.41) is 0. The maximum Gasteiger partial charge on any atom is 0.246 e. The third kappa shape index (κ3) is 6.41.